The molecule has 3 aromatic rings. The van der Waals surface area contributed by atoms with Gasteiger partial charge in [-0.2, -0.15) is 0 Å². The Bertz CT molecular complexity index is 1300. The summed E-state index contributed by atoms with van der Waals surface area (Å²) < 4.78 is 15.6. The average Bonchev–Trinajstić information content (AvgIpc) is 2.73. The Labute approximate surface area is 191 Å². The van der Waals surface area contributed by atoms with Crippen LogP contribution in [0.5, 0.6) is 0 Å². The molecule has 0 unspecified atom stereocenters. The topological polar surface area (TPSA) is 96.6 Å². The van der Waals surface area contributed by atoms with Crippen LogP contribution >= 0.6 is 23.2 Å². The van der Waals surface area contributed by atoms with Crippen LogP contribution in [0.3, 0.4) is 0 Å². The number of carbonyl (C=O) groups excluding carboxylic acids is 1. The van der Waals surface area contributed by atoms with Gasteiger partial charge in [0, 0.05) is 22.9 Å². The van der Waals surface area contributed by atoms with E-state index in [4.69, 9.17) is 28.3 Å². The number of carboxylic acid groups (broad SMARTS) is 1. The van der Waals surface area contributed by atoms with Crippen LogP contribution in [0.2, 0.25) is 10.0 Å². The minimum Gasteiger partial charge on any atom is -0.507 e. The third-order valence-corrected chi connectivity index (χ3v) is 5.09. The van der Waals surface area contributed by atoms with Crippen molar-refractivity contribution >= 4 is 40.7 Å². The van der Waals surface area contributed by atoms with Gasteiger partial charge in [-0.15, -0.1) is 0 Å². The molecule has 164 valence electrons. The number of aliphatic hydroxyl groups excluding tert-OH is 1. The largest absolute Gasteiger partial charge is 0.507 e. The minimum atomic E-state index is -1.78. The van der Waals surface area contributed by atoms with E-state index in [0.717, 1.165) is 10.1 Å². The van der Waals surface area contributed by atoms with E-state index < -0.39 is 28.9 Å². The van der Waals surface area contributed by atoms with Crippen molar-refractivity contribution in [3.8, 4) is 0 Å². The van der Waals surface area contributed by atoms with E-state index in [1.54, 1.807) is 24.3 Å². The molecule has 2 aromatic carbocycles. The van der Waals surface area contributed by atoms with Crippen LogP contribution < -0.4 is 5.56 Å². The fraction of sp³-hybridized carbons (Fsp3) is 0.0870. The standard InChI is InChI=1S/C23H16Cl2FNO5/c24-16-5-1-3-13(8-16)7-14-9-17(19(28)10-20(29)23(31)32)22(30)27(11-14)12-15-4-2-6-18(25)21(15)26/h1-6,8-11,28H,7,12H2,(H,31,32)/b19-10-. The van der Waals surface area contributed by atoms with E-state index in [1.165, 1.54) is 30.5 Å². The zero-order valence-corrected chi connectivity index (χ0v) is 17.9. The Morgan fingerprint density at radius 1 is 1.03 bits per heavy atom. The van der Waals surface area contributed by atoms with Crippen molar-refractivity contribution in [2.45, 2.75) is 13.0 Å². The highest BCUT2D eigenvalue weighted by atomic mass is 35.5. The van der Waals surface area contributed by atoms with Crippen molar-refractivity contribution < 1.29 is 24.2 Å². The Morgan fingerprint density at radius 3 is 2.44 bits per heavy atom. The molecule has 1 heterocycles. The molecule has 32 heavy (non-hydrogen) atoms. The summed E-state index contributed by atoms with van der Waals surface area (Å²) in [5.41, 5.74) is 0.419. The number of ketones is 1. The first-order valence-electron chi connectivity index (χ1n) is 9.24. The number of aliphatic carboxylic acids is 1. The molecule has 3 rings (SSSR count). The highest BCUT2D eigenvalue weighted by molar-refractivity contribution is 6.38. The first-order valence-corrected chi connectivity index (χ1v) is 10.00. The van der Waals surface area contributed by atoms with Crippen molar-refractivity contribution in [1.82, 2.24) is 4.57 Å². The van der Waals surface area contributed by atoms with E-state index in [1.807, 2.05) is 0 Å². The number of hydrogen-bond acceptors (Lipinski definition) is 4. The Morgan fingerprint density at radius 2 is 1.75 bits per heavy atom. The van der Waals surface area contributed by atoms with E-state index >= 15 is 0 Å². The molecule has 0 radical (unpaired) electrons. The molecule has 1 aromatic heterocycles. The lowest BCUT2D eigenvalue weighted by Crippen LogP contribution is -2.25. The van der Waals surface area contributed by atoms with Gasteiger partial charge in [0.05, 0.1) is 17.1 Å². The summed E-state index contributed by atoms with van der Waals surface area (Å²) in [6.07, 6.45) is 2.23. The summed E-state index contributed by atoms with van der Waals surface area (Å²) in [6, 6.07) is 12.7. The molecule has 0 amide bonds. The number of hydrogen-bond donors (Lipinski definition) is 2. The van der Waals surface area contributed by atoms with Crippen LogP contribution in [0.1, 0.15) is 22.3 Å². The Balaban J connectivity index is 2.12. The van der Waals surface area contributed by atoms with Crippen LogP contribution in [-0.4, -0.2) is 26.5 Å². The molecular weight excluding hydrogens is 460 g/mol. The fourth-order valence-electron chi connectivity index (χ4n) is 3.10. The summed E-state index contributed by atoms with van der Waals surface area (Å²) in [5, 5.41) is 19.5. The highest BCUT2D eigenvalue weighted by Gasteiger charge is 2.17. The van der Waals surface area contributed by atoms with Gasteiger partial charge in [-0.3, -0.25) is 9.59 Å². The molecule has 0 spiro atoms. The number of carboxylic acids is 1. The van der Waals surface area contributed by atoms with Crippen molar-refractivity contribution in [1.29, 1.82) is 0 Å². The van der Waals surface area contributed by atoms with Gasteiger partial charge in [-0.1, -0.05) is 47.5 Å². The van der Waals surface area contributed by atoms with Gasteiger partial charge in [0.15, 0.2) is 0 Å². The second-order valence-electron chi connectivity index (χ2n) is 6.91. The normalized spacial score (nSPS) is 11.4. The number of aliphatic hydroxyl groups is 1. The van der Waals surface area contributed by atoms with E-state index in [0.29, 0.717) is 23.1 Å². The molecule has 0 aliphatic rings. The Kier molecular flexibility index (Phi) is 7.12. The molecule has 9 heteroatoms. The summed E-state index contributed by atoms with van der Waals surface area (Å²) in [7, 11) is 0. The second-order valence-corrected chi connectivity index (χ2v) is 7.76. The van der Waals surface area contributed by atoms with Crippen LogP contribution in [0.4, 0.5) is 4.39 Å². The molecule has 0 saturated heterocycles. The lowest BCUT2D eigenvalue weighted by atomic mass is 10.0. The lowest BCUT2D eigenvalue weighted by Gasteiger charge is -2.13. The van der Waals surface area contributed by atoms with Crippen LogP contribution in [0, 0.1) is 5.82 Å². The van der Waals surface area contributed by atoms with Gasteiger partial charge in [0.1, 0.15) is 11.6 Å². The van der Waals surface area contributed by atoms with Crippen molar-refractivity contribution in [3.05, 3.63) is 109 Å². The summed E-state index contributed by atoms with van der Waals surface area (Å²) in [4.78, 5) is 35.2. The molecule has 2 N–H and O–H groups in total. The van der Waals surface area contributed by atoms with Gasteiger partial charge in [0.25, 0.3) is 11.3 Å². The first kappa shape index (κ1) is 23.2. The molecule has 0 aliphatic heterocycles. The van der Waals surface area contributed by atoms with Gasteiger partial charge in [-0.25, -0.2) is 9.18 Å². The van der Waals surface area contributed by atoms with Crippen LogP contribution in [0.25, 0.3) is 5.76 Å². The third-order valence-electron chi connectivity index (χ3n) is 4.57. The summed E-state index contributed by atoms with van der Waals surface area (Å²) >= 11 is 11.8. The first-order chi connectivity index (χ1) is 15.2. The zero-order valence-electron chi connectivity index (χ0n) is 16.4. The van der Waals surface area contributed by atoms with Gasteiger partial charge >= 0.3 is 5.97 Å². The van der Waals surface area contributed by atoms with Crippen molar-refractivity contribution in [2.75, 3.05) is 0 Å². The minimum absolute atomic E-state index is 0.111. The maximum absolute atomic E-state index is 14.4. The van der Waals surface area contributed by atoms with E-state index in [2.05, 4.69) is 0 Å². The third kappa shape index (κ3) is 5.43. The number of benzene rings is 2. The molecule has 0 aliphatic carbocycles. The maximum atomic E-state index is 14.4. The quantitative estimate of drug-likeness (QED) is 0.298. The highest BCUT2D eigenvalue weighted by Crippen LogP contribution is 2.20. The molecule has 6 nitrogen and oxygen atoms in total. The van der Waals surface area contributed by atoms with Crippen LogP contribution in [0.15, 0.2) is 65.6 Å². The predicted molar refractivity (Wildman–Crippen MR) is 119 cm³/mol. The Hall–Kier alpha value is -3.42. The fourth-order valence-corrected chi connectivity index (χ4v) is 3.50. The van der Waals surface area contributed by atoms with Gasteiger partial charge in [-0.05, 0) is 41.8 Å². The monoisotopic (exact) mass is 475 g/mol. The molecule has 0 fully saturated rings. The van der Waals surface area contributed by atoms with Crippen molar-refractivity contribution in [3.63, 3.8) is 0 Å². The molecule has 0 atom stereocenters. The average molecular weight is 476 g/mol. The van der Waals surface area contributed by atoms with E-state index in [9.17, 15) is 23.9 Å². The van der Waals surface area contributed by atoms with Crippen molar-refractivity contribution in [2.24, 2.45) is 0 Å². The number of aromatic nitrogens is 1. The molecular formula is C23H16Cl2FNO5. The lowest BCUT2D eigenvalue weighted by molar-refractivity contribution is -0.146. The van der Waals surface area contributed by atoms with Gasteiger partial charge < -0.3 is 14.8 Å². The maximum Gasteiger partial charge on any atom is 0.376 e. The summed E-state index contributed by atoms with van der Waals surface area (Å²) in [5.74, 6) is -4.68. The van der Waals surface area contributed by atoms with Gasteiger partial charge in [0.2, 0.25) is 0 Å². The molecule has 0 saturated carbocycles. The SMILES string of the molecule is O=C(O)C(=O)/C=C(\O)c1cc(Cc2cccc(Cl)c2)cn(Cc2cccc(Cl)c2F)c1=O. The predicted octanol–water partition coefficient (Wildman–Crippen LogP) is 4.49. The number of carbonyl (C=O) groups is 2. The zero-order chi connectivity index (χ0) is 23.4. The molecule has 0 bridgehead atoms. The number of pyridine rings is 1. The summed E-state index contributed by atoms with van der Waals surface area (Å²) in [6.45, 7) is -0.207. The number of nitrogens with zero attached hydrogens (tertiary/aromatic N) is 1. The number of halogens is 3. The smallest absolute Gasteiger partial charge is 0.376 e. The van der Waals surface area contributed by atoms with E-state index in [-0.39, 0.29) is 22.7 Å². The van der Waals surface area contributed by atoms with Crippen LogP contribution in [-0.2, 0) is 22.6 Å². The second kappa shape index (κ2) is 9.80. The number of rotatable bonds is 7.